The molecule has 5 nitrogen and oxygen atoms in total. The predicted octanol–water partition coefficient (Wildman–Crippen LogP) is 0.111. The van der Waals surface area contributed by atoms with Gasteiger partial charge in [0.05, 0.1) is 12.5 Å². The van der Waals surface area contributed by atoms with E-state index in [0.29, 0.717) is 13.0 Å². The highest BCUT2D eigenvalue weighted by molar-refractivity contribution is 5.81. The molecule has 0 fully saturated rings. The summed E-state index contributed by atoms with van der Waals surface area (Å²) in [7, 11) is 1.46. The van der Waals surface area contributed by atoms with E-state index in [1.807, 2.05) is 19.9 Å². The zero-order valence-corrected chi connectivity index (χ0v) is 9.56. The van der Waals surface area contributed by atoms with Gasteiger partial charge in [0.15, 0.2) is 0 Å². The molecular formula is C10H19N3O2. The summed E-state index contributed by atoms with van der Waals surface area (Å²) in [5, 5.41) is 8.49. The van der Waals surface area contributed by atoms with Crippen LogP contribution in [0.5, 0.6) is 0 Å². The van der Waals surface area contributed by atoms with E-state index in [-0.39, 0.29) is 18.5 Å². The van der Waals surface area contributed by atoms with Crippen LogP contribution < -0.4 is 5.73 Å². The molecule has 0 saturated heterocycles. The van der Waals surface area contributed by atoms with Crippen LogP contribution >= 0.6 is 0 Å². The minimum Gasteiger partial charge on any atom is -0.370 e. The maximum absolute atomic E-state index is 11.9. The van der Waals surface area contributed by atoms with Crippen LogP contribution in [0.3, 0.4) is 0 Å². The summed E-state index contributed by atoms with van der Waals surface area (Å²) in [5.74, 6) is -0.148. The Morgan fingerprint density at radius 2 is 2.20 bits per heavy atom. The topological polar surface area (TPSA) is 79.3 Å². The van der Waals surface area contributed by atoms with Gasteiger partial charge in [0.25, 0.3) is 5.91 Å². The SMILES string of the molecule is COC(CN)C(=O)N(CCC#N)C(C)C. The second kappa shape index (κ2) is 7.21. The summed E-state index contributed by atoms with van der Waals surface area (Å²) in [6, 6.07) is 2.07. The summed E-state index contributed by atoms with van der Waals surface area (Å²) in [6.07, 6.45) is -0.281. The number of nitrogens with zero attached hydrogens (tertiary/aromatic N) is 2. The summed E-state index contributed by atoms with van der Waals surface area (Å²) >= 11 is 0. The number of hydrogen-bond acceptors (Lipinski definition) is 4. The van der Waals surface area contributed by atoms with Crippen molar-refractivity contribution in [3.63, 3.8) is 0 Å². The monoisotopic (exact) mass is 213 g/mol. The Labute approximate surface area is 90.8 Å². The van der Waals surface area contributed by atoms with Crippen LogP contribution in [-0.2, 0) is 9.53 Å². The maximum atomic E-state index is 11.9. The lowest BCUT2D eigenvalue weighted by atomic mass is 10.2. The van der Waals surface area contributed by atoms with E-state index in [9.17, 15) is 4.79 Å². The van der Waals surface area contributed by atoms with E-state index in [2.05, 4.69) is 0 Å². The molecule has 0 aliphatic rings. The molecule has 0 aliphatic heterocycles. The van der Waals surface area contributed by atoms with E-state index in [1.165, 1.54) is 7.11 Å². The Morgan fingerprint density at radius 1 is 1.60 bits per heavy atom. The molecule has 0 aromatic rings. The molecule has 1 unspecified atom stereocenters. The van der Waals surface area contributed by atoms with E-state index >= 15 is 0 Å². The van der Waals surface area contributed by atoms with Crippen molar-refractivity contribution in [2.45, 2.75) is 32.4 Å². The highest BCUT2D eigenvalue weighted by Crippen LogP contribution is 2.04. The molecule has 15 heavy (non-hydrogen) atoms. The molecule has 0 spiro atoms. The standard InChI is InChI=1S/C10H19N3O2/c1-8(2)13(6-4-5-11)10(14)9(7-12)15-3/h8-9H,4,6-7,12H2,1-3H3. The van der Waals surface area contributed by atoms with Crippen molar-refractivity contribution in [1.82, 2.24) is 4.90 Å². The third-order valence-electron chi connectivity index (χ3n) is 2.14. The van der Waals surface area contributed by atoms with Crippen molar-refractivity contribution in [3.05, 3.63) is 0 Å². The second-order valence-corrected chi connectivity index (χ2v) is 3.49. The molecule has 0 radical (unpaired) electrons. The Hall–Kier alpha value is -1.12. The molecule has 0 rings (SSSR count). The van der Waals surface area contributed by atoms with Gasteiger partial charge in [0.2, 0.25) is 0 Å². The Bertz CT molecular complexity index is 231. The first-order valence-corrected chi connectivity index (χ1v) is 4.98. The second-order valence-electron chi connectivity index (χ2n) is 3.49. The third kappa shape index (κ3) is 4.28. The van der Waals surface area contributed by atoms with Gasteiger partial charge < -0.3 is 15.4 Å². The molecule has 0 saturated carbocycles. The summed E-state index contributed by atoms with van der Waals surface area (Å²) in [4.78, 5) is 13.5. The number of amides is 1. The van der Waals surface area contributed by atoms with E-state index in [4.69, 9.17) is 15.7 Å². The lowest BCUT2D eigenvalue weighted by Crippen LogP contribution is -2.47. The first kappa shape index (κ1) is 13.9. The lowest BCUT2D eigenvalue weighted by Gasteiger charge is -2.28. The lowest BCUT2D eigenvalue weighted by molar-refractivity contribution is -0.143. The van der Waals surface area contributed by atoms with Crippen LogP contribution in [0.1, 0.15) is 20.3 Å². The molecule has 5 heteroatoms. The molecule has 0 aromatic carbocycles. The fraction of sp³-hybridized carbons (Fsp3) is 0.800. The van der Waals surface area contributed by atoms with Gasteiger partial charge in [-0.1, -0.05) is 0 Å². The summed E-state index contributed by atoms with van der Waals surface area (Å²) in [5.41, 5.74) is 5.41. The number of carbonyl (C=O) groups excluding carboxylic acids is 1. The Kier molecular flexibility index (Phi) is 6.67. The molecule has 1 amide bonds. The van der Waals surface area contributed by atoms with Gasteiger partial charge in [-0.3, -0.25) is 4.79 Å². The molecule has 0 aromatic heterocycles. The van der Waals surface area contributed by atoms with Gasteiger partial charge in [-0.25, -0.2) is 0 Å². The zero-order valence-electron chi connectivity index (χ0n) is 9.56. The number of nitrogens with two attached hydrogens (primary N) is 1. The number of hydrogen-bond donors (Lipinski definition) is 1. The smallest absolute Gasteiger partial charge is 0.253 e. The van der Waals surface area contributed by atoms with Gasteiger partial charge in [-0.2, -0.15) is 5.26 Å². The minimum atomic E-state index is -0.605. The molecule has 0 heterocycles. The molecule has 0 bridgehead atoms. The van der Waals surface area contributed by atoms with Crippen molar-refractivity contribution >= 4 is 5.91 Å². The fourth-order valence-electron chi connectivity index (χ4n) is 1.28. The number of carbonyl (C=O) groups is 1. The average molecular weight is 213 g/mol. The number of rotatable bonds is 6. The quantitative estimate of drug-likeness (QED) is 0.679. The predicted molar refractivity (Wildman–Crippen MR) is 56.9 cm³/mol. The maximum Gasteiger partial charge on any atom is 0.253 e. The summed E-state index contributed by atoms with van der Waals surface area (Å²) in [6.45, 7) is 4.38. The minimum absolute atomic E-state index is 0.0510. The fourth-order valence-corrected chi connectivity index (χ4v) is 1.28. The zero-order chi connectivity index (χ0) is 11.8. The van der Waals surface area contributed by atoms with Crippen molar-refractivity contribution < 1.29 is 9.53 Å². The molecule has 2 N–H and O–H groups in total. The normalized spacial score (nSPS) is 12.3. The van der Waals surface area contributed by atoms with Crippen LogP contribution in [0.4, 0.5) is 0 Å². The number of ether oxygens (including phenoxy) is 1. The molecule has 86 valence electrons. The first-order chi connectivity index (χ1) is 7.08. The molecule has 0 aliphatic carbocycles. The van der Waals surface area contributed by atoms with Crippen LogP contribution in [0, 0.1) is 11.3 Å². The third-order valence-corrected chi connectivity index (χ3v) is 2.14. The van der Waals surface area contributed by atoms with Crippen LogP contribution in [0.15, 0.2) is 0 Å². The van der Waals surface area contributed by atoms with Crippen LogP contribution in [-0.4, -0.2) is 43.2 Å². The molecular weight excluding hydrogens is 194 g/mol. The molecule has 1 atom stereocenters. The van der Waals surface area contributed by atoms with Crippen molar-refractivity contribution in [3.8, 4) is 6.07 Å². The largest absolute Gasteiger partial charge is 0.370 e. The van der Waals surface area contributed by atoms with E-state index in [0.717, 1.165) is 0 Å². The van der Waals surface area contributed by atoms with E-state index in [1.54, 1.807) is 4.90 Å². The van der Waals surface area contributed by atoms with Crippen molar-refractivity contribution in [1.29, 1.82) is 5.26 Å². The van der Waals surface area contributed by atoms with Crippen molar-refractivity contribution in [2.75, 3.05) is 20.2 Å². The number of methoxy groups -OCH3 is 1. The van der Waals surface area contributed by atoms with Crippen LogP contribution in [0.25, 0.3) is 0 Å². The number of nitriles is 1. The summed E-state index contributed by atoms with van der Waals surface area (Å²) < 4.78 is 4.97. The highest BCUT2D eigenvalue weighted by Gasteiger charge is 2.24. The van der Waals surface area contributed by atoms with E-state index < -0.39 is 6.10 Å². The Morgan fingerprint density at radius 3 is 2.53 bits per heavy atom. The van der Waals surface area contributed by atoms with Crippen LogP contribution in [0.2, 0.25) is 0 Å². The Balaban J connectivity index is 4.47. The first-order valence-electron chi connectivity index (χ1n) is 4.98. The van der Waals surface area contributed by atoms with Gasteiger partial charge in [-0.15, -0.1) is 0 Å². The van der Waals surface area contributed by atoms with Gasteiger partial charge in [0.1, 0.15) is 6.10 Å². The van der Waals surface area contributed by atoms with Crippen molar-refractivity contribution in [2.24, 2.45) is 5.73 Å². The van der Waals surface area contributed by atoms with Gasteiger partial charge in [0, 0.05) is 26.2 Å². The van der Waals surface area contributed by atoms with Gasteiger partial charge in [-0.05, 0) is 13.8 Å². The average Bonchev–Trinajstić information content (AvgIpc) is 2.19. The van der Waals surface area contributed by atoms with Gasteiger partial charge >= 0.3 is 0 Å². The highest BCUT2D eigenvalue weighted by atomic mass is 16.5.